The molecule has 0 saturated heterocycles. The van der Waals surface area contributed by atoms with E-state index in [1.807, 2.05) is 30.0 Å². The van der Waals surface area contributed by atoms with Crippen LogP contribution in [0, 0.1) is 6.92 Å². The summed E-state index contributed by atoms with van der Waals surface area (Å²) >= 11 is 1.84. The van der Waals surface area contributed by atoms with Crippen LogP contribution < -0.4 is 4.74 Å². The van der Waals surface area contributed by atoms with Crippen molar-refractivity contribution in [2.24, 2.45) is 0 Å². The molecule has 110 valence electrons. The van der Waals surface area contributed by atoms with E-state index in [1.54, 1.807) is 13.0 Å². The first-order valence-electron chi connectivity index (χ1n) is 7.03. The second-order valence-electron chi connectivity index (χ2n) is 4.94. The molecule has 0 aliphatic rings. The third-order valence-electron chi connectivity index (χ3n) is 3.14. The molecule has 0 bridgehead atoms. The average Bonchev–Trinajstić information content (AvgIpc) is 2.49. The van der Waals surface area contributed by atoms with Gasteiger partial charge in [0.1, 0.15) is 5.75 Å². The third-order valence-corrected chi connectivity index (χ3v) is 4.13. The average molecular weight is 300 g/mol. The first-order chi connectivity index (χ1) is 10.2. The number of thioether (sulfide) groups is 1. The van der Waals surface area contributed by atoms with Crippen molar-refractivity contribution in [3.63, 3.8) is 0 Å². The Hall–Kier alpha value is -1.74. The molecule has 21 heavy (non-hydrogen) atoms. The maximum Gasteiger partial charge on any atom is 0.163 e. The van der Waals surface area contributed by atoms with E-state index in [0.29, 0.717) is 17.9 Å². The minimum absolute atomic E-state index is 0.0397. The summed E-state index contributed by atoms with van der Waals surface area (Å²) in [4.78, 5) is 11.5. The van der Waals surface area contributed by atoms with E-state index in [-0.39, 0.29) is 5.78 Å². The first kappa shape index (κ1) is 15.6. The minimum Gasteiger partial charge on any atom is -0.492 e. The number of benzene rings is 2. The zero-order valence-electron chi connectivity index (χ0n) is 12.5. The van der Waals surface area contributed by atoms with E-state index in [2.05, 4.69) is 31.2 Å². The molecule has 2 aromatic rings. The Kier molecular flexibility index (Phi) is 5.88. The summed E-state index contributed by atoms with van der Waals surface area (Å²) < 4.78 is 5.71. The molecule has 2 aromatic carbocycles. The summed E-state index contributed by atoms with van der Waals surface area (Å²) in [5.41, 5.74) is 3.27. The van der Waals surface area contributed by atoms with Gasteiger partial charge in [0.2, 0.25) is 0 Å². The van der Waals surface area contributed by atoms with Crippen LogP contribution in [0.2, 0.25) is 0 Å². The summed E-state index contributed by atoms with van der Waals surface area (Å²) in [6.45, 7) is 4.27. The fourth-order valence-electron chi connectivity index (χ4n) is 1.97. The molecule has 0 unspecified atom stereocenters. The molecule has 0 fully saturated rings. The quantitative estimate of drug-likeness (QED) is 0.556. The van der Waals surface area contributed by atoms with Gasteiger partial charge in [-0.3, -0.25) is 4.79 Å². The molecular formula is C18H20O2S. The van der Waals surface area contributed by atoms with E-state index in [1.165, 1.54) is 11.1 Å². The Morgan fingerprint density at radius 2 is 1.81 bits per heavy atom. The number of hydrogen-bond acceptors (Lipinski definition) is 3. The van der Waals surface area contributed by atoms with Crippen LogP contribution in [0.5, 0.6) is 5.75 Å². The highest BCUT2D eigenvalue weighted by Gasteiger charge is 2.06. The number of carbonyl (C=O) groups is 1. The second-order valence-corrected chi connectivity index (χ2v) is 6.04. The zero-order chi connectivity index (χ0) is 15.1. The van der Waals surface area contributed by atoms with E-state index in [9.17, 15) is 4.79 Å². The van der Waals surface area contributed by atoms with Gasteiger partial charge in [0, 0.05) is 11.5 Å². The molecule has 0 aliphatic heterocycles. The van der Waals surface area contributed by atoms with Crippen LogP contribution in [0.3, 0.4) is 0 Å². The molecule has 0 heterocycles. The molecule has 0 aliphatic carbocycles. The fraction of sp³-hybridized carbons (Fsp3) is 0.278. The second kappa shape index (κ2) is 7.89. The number of ketones is 1. The van der Waals surface area contributed by atoms with E-state index < -0.39 is 0 Å². The number of ether oxygens (including phenoxy) is 1. The largest absolute Gasteiger partial charge is 0.492 e. The van der Waals surface area contributed by atoms with Gasteiger partial charge < -0.3 is 4.74 Å². The molecule has 0 spiro atoms. The van der Waals surface area contributed by atoms with Gasteiger partial charge in [0.25, 0.3) is 0 Å². The monoisotopic (exact) mass is 300 g/mol. The predicted molar refractivity (Wildman–Crippen MR) is 89.3 cm³/mol. The molecule has 0 radical (unpaired) electrons. The van der Waals surface area contributed by atoms with Crippen LogP contribution in [0.1, 0.15) is 28.4 Å². The molecule has 0 saturated carbocycles. The predicted octanol–water partition coefficient (Wildman–Crippen LogP) is 4.51. The number of hydrogen-bond donors (Lipinski definition) is 0. The number of carbonyl (C=O) groups excluding carboxylic acids is 1. The Morgan fingerprint density at radius 3 is 2.52 bits per heavy atom. The fourth-order valence-corrected chi connectivity index (χ4v) is 2.74. The van der Waals surface area contributed by atoms with Gasteiger partial charge in [-0.25, -0.2) is 0 Å². The molecule has 0 N–H and O–H groups in total. The lowest BCUT2D eigenvalue weighted by Crippen LogP contribution is -2.04. The first-order valence-corrected chi connectivity index (χ1v) is 8.18. The van der Waals surface area contributed by atoms with Gasteiger partial charge in [-0.15, -0.1) is 0 Å². The van der Waals surface area contributed by atoms with E-state index in [4.69, 9.17) is 4.74 Å². The highest BCUT2D eigenvalue weighted by Crippen LogP contribution is 2.19. The van der Waals surface area contributed by atoms with E-state index in [0.717, 1.165) is 11.5 Å². The van der Waals surface area contributed by atoms with Gasteiger partial charge in [-0.1, -0.05) is 42.0 Å². The lowest BCUT2D eigenvalue weighted by molar-refractivity contribution is 0.101. The van der Waals surface area contributed by atoms with Crippen LogP contribution in [0.4, 0.5) is 0 Å². The number of rotatable bonds is 7. The topological polar surface area (TPSA) is 26.3 Å². The van der Waals surface area contributed by atoms with Gasteiger partial charge >= 0.3 is 0 Å². The van der Waals surface area contributed by atoms with Crippen LogP contribution >= 0.6 is 11.8 Å². The molecule has 2 nitrogen and oxygen atoms in total. The Balaban J connectivity index is 1.75. The molecular weight excluding hydrogens is 280 g/mol. The lowest BCUT2D eigenvalue weighted by Gasteiger charge is -2.09. The van der Waals surface area contributed by atoms with Gasteiger partial charge in [0.05, 0.1) is 12.2 Å². The SMILES string of the molecule is CC(=O)c1ccccc1OCCSCc1ccc(C)cc1. The van der Waals surface area contributed by atoms with Crippen LogP contribution in [-0.2, 0) is 5.75 Å². The van der Waals surface area contributed by atoms with Crippen molar-refractivity contribution in [3.8, 4) is 5.75 Å². The van der Waals surface area contributed by atoms with Crippen molar-refractivity contribution in [3.05, 3.63) is 65.2 Å². The smallest absolute Gasteiger partial charge is 0.163 e. The molecule has 0 aromatic heterocycles. The van der Waals surface area contributed by atoms with Gasteiger partial charge in [-0.2, -0.15) is 11.8 Å². The third kappa shape index (κ3) is 4.94. The number of para-hydroxylation sites is 1. The Morgan fingerprint density at radius 1 is 1.10 bits per heavy atom. The highest BCUT2D eigenvalue weighted by molar-refractivity contribution is 7.98. The van der Waals surface area contributed by atoms with Crippen molar-refractivity contribution >= 4 is 17.5 Å². The normalized spacial score (nSPS) is 10.4. The standard InChI is InChI=1S/C18H20O2S/c1-14-7-9-16(10-8-14)13-21-12-11-20-18-6-4-3-5-17(18)15(2)19/h3-10H,11-13H2,1-2H3. The van der Waals surface area contributed by atoms with Gasteiger partial charge in [0.15, 0.2) is 5.78 Å². The van der Waals surface area contributed by atoms with Crippen molar-refractivity contribution in [2.45, 2.75) is 19.6 Å². The summed E-state index contributed by atoms with van der Waals surface area (Å²) in [6, 6.07) is 16.0. The van der Waals surface area contributed by atoms with Crippen molar-refractivity contribution in [1.29, 1.82) is 0 Å². The van der Waals surface area contributed by atoms with Crippen molar-refractivity contribution in [1.82, 2.24) is 0 Å². The zero-order valence-corrected chi connectivity index (χ0v) is 13.3. The van der Waals surface area contributed by atoms with E-state index >= 15 is 0 Å². The summed E-state index contributed by atoms with van der Waals surface area (Å²) in [7, 11) is 0. The number of Topliss-reactive ketones (excluding diaryl/α,β-unsaturated/α-hetero) is 1. The lowest BCUT2D eigenvalue weighted by atomic mass is 10.1. The van der Waals surface area contributed by atoms with Crippen molar-refractivity contribution < 1.29 is 9.53 Å². The maximum absolute atomic E-state index is 11.5. The van der Waals surface area contributed by atoms with Crippen LogP contribution in [-0.4, -0.2) is 18.1 Å². The number of aryl methyl sites for hydroxylation is 1. The maximum atomic E-state index is 11.5. The minimum atomic E-state index is 0.0397. The van der Waals surface area contributed by atoms with Crippen molar-refractivity contribution in [2.75, 3.05) is 12.4 Å². The molecule has 3 heteroatoms. The summed E-state index contributed by atoms with van der Waals surface area (Å²) in [6.07, 6.45) is 0. The van der Waals surface area contributed by atoms with Crippen LogP contribution in [0.25, 0.3) is 0 Å². The Bertz CT molecular complexity index is 590. The summed E-state index contributed by atoms with van der Waals surface area (Å²) in [5.74, 6) is 2.61. The Labute approximate surface area is 130 Å². The van der Waals surface area contributed by atoms with Gasteiger partial charge in [-0.05, 0) is 31.5 Å². The molecule has 2 rings (SSSR count). The summed E-state index contributed by atoms with van der Waals surface area (Å²) in [5, 5.41) is 0. The molecule has 0 atom stereocenters. The highest BCUT2D eigenvalue weighted by atomic mass is 32.2. The molecule has 0 amide bonds. The van der Waals surface area contributed by atoms with Crippen LogP contribution in [0.15, 0.2) is 48.5 Å².